The molecule has 1 atom stereocenters. The molecule has 27 heavy (non-hydrogen) atoms. The molecule has 1 aliphatic rings. The number of hydroxylamine groups is 1. The summed E-state index contributed by atoms with van der Waals surface area (Å²) in [4.78, 5) is 11.1. The van der Waals surface area contributed by atoms with Gasteiger partial charge >= 0.3 is 0 Å². The van der Waals surface area contributed by atoms with Gasteiger partial charge in [-0.2, -0.15) is 5.10 Å². The zero-order valence-corrected chi connectivity index (χ0v) is 14.9. The van der Waals surface area contributed by atoms with Crippen LogP contribution < -0.4 is 10.8 Å². The topological polar surface area (TPSA) is 90.0 Å². The van der Waals surface area contributed by atoms with Crippen LogP contribution >= 0.6 is 0 Å². The third-order valence-corrected chi connectivity index (χ3v) is 5.09. The summed E-state index contributed by atoms with van der Waals surface area (Å²) >= 11 is 0. The number of amides is 1. The molecule has 0 spiro atoms. The quantitative estimate of drug-likeness (QED) is 0.308. The number of hydrogen-bond donors (Lipinski definition) is 4. The number of carbonyl (C=O) groups is 1. The number of hydrogen-bond acceptors (Lipinski definition) is 4. The number of aromatic nitrogens is 2. The van der Waals surface area contributed by atoms with Crippen molar-refractivity contribution in [1.29, 1.82) is 0 Å². The first kappa shape index (κ1) is 17.5. The van der Waals surface area contributed by atoms with Crippen LogP contribution in [0.5, 0.6) is 0 Å². The van der Waals surface area contributed by atoms with Gasteiger partial charge in [-0.15, -0.1) is 0 Å². The van der Waals surface area contributed by atoms with Crippen molar-refractivity contribution in [1.82, 2.24) is 21.0 Å². The lowest BCUT2D eigenvalue weighted by molar-refractivity contribution is -0.124. The maximum absolute atomic E-state index is 11.1. The molecule has 1 amide bonds. The maximum atomic E-state index is 11.1. The first-order valence-electron chi connectivity index (χ1n) is 9.15. The fourth-order valence-corrected chi connectivity index (χ4v) is 3.74. The molecule has 138 valence electrons. The lowest BCUT2D eigenvalue weighted by Gasteiger charge is -2.14. The van der Waals surface area contributed by atoms with Crippen LogP contribution in [-0.2, 0) is 17.6 Å². The lowest BCUT2D eigenvalue weighted by Crippen LogP contribution is -2.22. The summed E-state index contributed by atoms with van der Waals surface area (Å²) in [6, 6.07) is 14.8. The fraction of sp³-hybridized carbons (Fsp3) is 0.238. The minimum Gasteiger partial charge on any atom is -0.310 e. The summed E-state index contributed by atoms with van der Waals surface area (Å²) in [5, 5.41) is 20.9. The van der Waals surface area contributed by atoms with Gasteiger partial charge < -0.3 is 5.32 Å². The van der Waals surface area contributed by atoms with Gasteiger partial charge in [0.15, 0.2) is 0 Å². The molecule has 6 heteroatoms. The van der Waals surface area contributed by atoms with Crippen molar-refractivity contribution in [2.75, 3.05) is 6.54 Å². The molecule has 4 N–H and O–H groups in total. The Morgan fingerprint density at radius 2 is 2.19 bits per heavy atom. The van der Waals surface area contributed by atoms with Gasteiger partial charge in [-0.3, -0.25) is 15.1 Å². The van der Waals surface area contributed by atoms with Crippen molar-refractivity contribution in [3.63, 3.8) is 0 Å². The summed E-state index contributed by atoms with van der Waals surface area (Å²) in [7, 11) is 0. The number of aromatic amines is 1. The van der Waals surface area contributed by atoms with Crippen LogP contribution in [-0.4, -0.2) is 27.9 Å². The molecule has 6 nitrogen and oxygen atoms in total. The Morgan fingerprint density at radius 3 is 3.07 bits per heavy atom. The lowest BCUT2D eigenvalue weighted by atomic mass is 10.0. The minimum absolute atomic E-state index is 0.355. The Kier molecular flexibility index (Phi) is 5.00. The molecular formula is C21H22N4O2. The summed E-state index contributed by atoms with van der Waals surface area (Å²) < 4.78 is 0. The second kappa shape index (κ2) is 7.73. The second-order valence-electron chi connectivity index (χ2n) is 6.78. The molecule has 4 rings (SSSR count). The Bertz CT molecular complexity index is 993. The number of H-pyrrole nitrogens is 1. The number of nitrogens with one attached hydrogen (secondary N) is 3. The van der Waals surface area contributed by atoms with E-state index in [0.29, 0.717) is 6.04 Å². The van der Waals surface area contributed by atoms with E-state index < -0.39 is 5.91 Å². The van der Waals surface area contributed by atoms with E-state index in [1.54, 1.807) is 11.6 Å². The summed E-state index contributed by atoms with van der Waals surface area (Å²) in [5.74, 6) is -0.527. The van der Waals surface area contributed by atoms with Gasteiger partial charge in [0.1, 0.15) is 0 Å². The third-order valence-electron chi connectivity index (χ3n) is 5.09. The van der Waals surface area contributed by atoms with Gasteiger partial charge in [0.05, 0.1) is 5.52 Å². The molecule has 0 saturated heterocycles. The normalized spacial score (nSPS) is 16.1. The van der Waals surface area contributed by atoms with E-state index in [9.17, 15) is 4.79 Å². The highest BCUT2D eigenvalue weighted by molar-refractivity contribution is 5.90. The van der Waals surface area contributed by atoms with Crippen LogP contribution in [0.1, 0.15) is 34.8 Å². The summed E-state index contributed by atoms with van der Waals surface area (Å²) in [6.45, 7) is 0.884. The van der Waals surface area contributed by atoms with Crippen molar-refractivity contribution in [2.24, 2.45) is 0 Å². The number of fused-ring (bicyclic) bond motifs is 2. The van der Waals surface area contributed by atoms with Crippen LogP contribution in [0.4, 0.5) is 0 Å². The van der Waals surface area contributed by atoms with Gasteiger partial charge in [-0.1, -0.05) is 36.4 Å². The van der Waals surface area contributed by atoms with Gasteiger partial charge in [0, 0.05) is 36.2 Å². The largest absolute Gasteiger partial charge is 0.310 e. The molecule has 1 aliphatic carbocycles. The number of nitrogens with zero attached hydrogens (tertiary/aromatic N) is 1. The Hall–Kier alpha value is -2.96. The predicted octanol–water partition coefficient (Wildman–Crippen LogP) is 2.90. The van der Waals surface area contributed by atoms with E-state index in [4.69, 9.17) is 5.21 Å². The Balaban J connectivity index is 1.38. The summed E-state index contributed by atoms with van der Waals surface area (Å²) in [5.41, 5.74) is 7.37. The van der Waals surface area contributed by atoms with E-state index in [1.807, 2.05) is 24.3 Å². The molecule has 3 aromatic rings. The minimum atomic E-state index is -0.527. The standard InChI is InChI=1S/C21H22N4O2/c26-21(25-27)10-6-14-5-8-16-15(13-14)7-9-18(16)22-12-11-20-17-3-1-2-4-19(17)23-24-20/h1-6,8,10,13,18,22,27H,7,9,11-12H2,(H,23,24)(H,25,26)/b10-6+. The molecule has 1 aromatic heterocycles. The zero-order chi connectivity index (χ0) is 18.6. The van der Waals surface area contributed by atoms with E-state index in [0.717, 1.165) is 36.9 Å². The van der Waals surface area contributed by atoms with Gasteiger partial charge in [-0.25, -0.2) is 5.48 Å². The predicted molar refractivity (Wildman–Crippen MR) is 104 cm³/mol. The van der Waals surface area contributed by atoms with Crippen molar-refractivity contribution in [2.45, 2.75) is 25.3 Å². The summed E-state index contributed by atoms with van der Waals surface area (Å²) in [6.07, 6.45) is 6.03. The van der Waals surface area contributed by atoms with Crippen LogP contribution in [0.25, 0.3) is 17.0 Å². The SMILES string of the molecule is O=C(/C=C/c1ccc2c(c1)CCC2NCCc1[nH]nc2ccccc12)NO. The maximum Gasteiger partial charge on any atom is 0.267 e. The Labute approximate surface area is 157 Å². The molecule has 1 unspecified atom stereocenters. The van der Waals surface area contributed by atoms with E-state index in [1.165, 1.54) is 28.3 Å². The van der Waals surface area contributed by atoms with E-state index in [2.05, 4.69) is 33.7 Å². The number of benzene rings is 2. The Morgan fingerprint density at radius 1 is 1.30 bits per heavy atom. The first-order chi connectivity index (χ1) is 13.2. The first-order valence-corrected chi connectivity index (χ1v) is 9.15. The van der Waals surface area contributed by atoms with Gasteiger partial charge in [0.25, 0.3) is 5.91 Å². The fourth-order valence-electron chi connectivity index (χ4n) is 3.74. The van der Waals surface area contributed by atoms with Crippen molar-refractivity contribution in [3.05, 3.63) is 70.9 Å². The van der Waals surface area contributed by atoms with E-state index in [-0.39, 0.29) is 0 Å². The highest BCUT2D eigenvalue weighted by atomic mass is 16.5. The molecule has 0 aliphatic heterocycles. The smallest absolute Gasteiger partial charge is 0.267 e. The van der Waals surface area contributed by atoms with E-state index >= 15 is 0 Å². The van der Waals surface area contributed by atoms with Crippen LogP contribution in [0.3, 0.4) is 0 Å². The van der Waals surface area contributed by atoms with Crippen LogP contribution in [0, 0.1) is 0 Å². The van der Waals surface area contributed by atoms with Crippen LogP contribution in [0.15, 0.2) is 48.5 Å². The molecule has 0 fully saturated rings. The average molecular weight is 362 g/mol. The number of aryl methyl sites for hydroxylation is 1. The second-order valence-corrected chi connectivity index (χ2v) is 6.78. The number of rotatable bonds is 6. The van der Waals surface area contributed by atoms with Crippen molar-refractivity contribution in [3.8, 4) is 0 Å². The molecular weight excluding hydrogens is 340 g/mol. The highest BCUT2D eigenvalue weighted by Crippen LogP contribution is 2.32. The monoisotopic (exact) mass is 362 g/mol. The third kappa shape index (κ3) is 3.77. The van der Waals surface area contributed by atoms with Crippen LogP contribution in [0.2, 0.25) is 0 Å². The molecule has 0 radical (unpaired) electrons. The zero-order valence-electron chi connectivity index (χ0n) is 14.9. The van der Waals surface area contributed by atoms with Gasteiger partial charge in [-0.05, 0) is 41.7 Å². The molecule has 0 saturated carbocycles. The van der Waals surface area contributed by atoms with Crippen molar-refractivity contribution < 1.29 is 10.0 Å². The van der Waals surface area contributed by atoms with Crippen molar-refractivity contribution >= 4 is 22.9 Å². The number of carbonyl (C=O) groups excluding carboxylic acids is 1. The average Bonchev–Trinajstić information content (AvgIpc) is 3.30. The van der Waals surface area contributed by atoms with Gasteiger partial charge in [0.2, 0.25) is 0 Å². The molecule has 2 aromatic carbocycles. The molecule has 0 bridgehead atoms. The number of para-hydroxylation sites is 1. The molecule has 1 heterocycles. The highest BCUT2D eigenvalue weighted by Gasteiger charge is 2.21.